The van der Waals surface area contributed by atoms with Crippen LogP contribution in [0.5, 0.6) is 0 Å². The molecule has 0 aromatic heterocycles. The van der Waals surface area contributed by atoms with Crippen LogP contribution in [0.4, 0.5) is 0 Å². The quantitative estimate of drug-likeness (QED) is 0.638. The molecule has 2 aliphatic rings. The highest BCUT2D eigenvalue weighted by atomic mass is 35.5. The van der Waals surface area contributed by atoms with E-state index in [-0.39, 0.29) is 28.6 Å². The monoisotopic (exact) mass is 483 g/mol. The Labute approximate surface area is 192 Å². The molecule has 0 radical (unpaired) electrons. The predicted molar refractivity (Wildman–Crippen MR) is 122 cm³/mol. The summed E-state index contributed by atoms with van der Waals surface area (Å²) in [5, 5.41) is 14.5. The Morgan fingerprint density at radius 3 is 2.45 bits per heavy atom. The minimum absolute atomic E-state index is 0. The van der Waals surface area contributed by atoms with E-state index in [1.54, 1.807) is 30.3 Å². The van der Waals surface area contributed by atoms with Crippen LogP contribution in [0.2, 0.25) is 5.02 Å². The van der Waals surface area contributed by atoms with Gasteiger partial charge in [-0.25, -0.2) is 13.2 Å². The summed E-state index contributed by atoms with van der Waals surface area (Å²) in [5.41, 5.74) is 1.71. The second-order valence-electron chi connectivity index (χ2n) is 7.80. The molecule has 1 fully saturated rings. The Balaban J connectivity index is 0.00000272. The fourth-order valence-electron chi connectivity index (χ4n) is 4.07. The van der Waals surface area contributed by atoms with E-state index in [1.807, 2.05) is 6.92 Å². The summed E-state index contributed by atoms with van der Waals surface area (Å²) in [4.78, 5) is 12.9. The minimum atomic E-state index is -3.36. The van der Waals surface area contributed by atoms with Gasteiger partial charge < -0.3 is 15.2 Å². The highest BCUT2D eigenvalue weighted by molar-refractivity contribution is 7.90. The molecule has 2 heterocycles. The van der Waals surface area contributed by atoms with Crippen LogP contribution in [0.15, 0.2) is 47.1 Å². The summed E-state index contributed by atoms with van der Waals surface area (Å²) in [7, 11) is -3.36. The Morgan fingerprint density at radius 2 is 1.81 bits per heavy atom. The first-order valence-electron chi connectivity index (χ1n) is 9.61. The van der Waals surface area contributed by atoms with Crippen LogP contribution in [0.3, 0.4) is 0 Å². The van der Waals surface area contributed by atoms with E-state index >= 15 is 0 Å². The molecule has 0 amide bonds. The van der Waals surface area contributed by atoms with Crippen molar-refractivity contribution in [3.63, 3.8) is 0 Å². The largest absolute Gasteiger partial charge is 0.507 e. The number of nitrogens with one attached hydrogen (secondary N) is 1. The molecule has 9 heteroatoms. The molecule has 0 atom stereocenters. The van der Waals surface area contributed by atoms with Crippen LogP contribution in [-0.2, 0) is 19.4 Å². The lowest BCUT2D eigenvalue weighted by molar-refractivity contribution is -0.148. The molecule has 0 unspecified atom stereocenters. The number of hydrogen-bond acceptors (Lipinski definition) is 6. The van der Waals surface area contributed by atoms with E-state index in [0.29, 0.717) is 47.6 Å². The van der Waals surface area contributed by atoms with Crippen molar-refractivity contribution in [1.82, 2.24) is 5.32 Å². The lowest BCUT2D eigenvalue weighted by Gasteiger charge is -2.32. The van der Waals surface area contributed by atoms with E-state index in [1.165, 1.54) is 6.07 Å². The fourth-order valence-corrected chi connectivity index (χ4v) is 5.01. The molecule has 0 aliphatic carbocycles. The Bertz CT molecular complexity index is 1180. The number of benzene rings is 2. The maximum Gasteiger partial charge on any atom is 0.343 e. The maximum absolute atomic E-state index is 12.7. The van der Waals surface area contributed by atoms with Gasteiger partial charge in [0.25, 0.3) is 0 Å². The lowest BCUT2D eigenvalue weighted by atomic mass is 9.87. The normalized spacial score (nSPS) is 18.1. The van der Waals surface area contributed by atoms with Crippen LogP contribution in [0.25, 0.3) is 16.7 Å². The highest BCUT2D eigenvalue weighted by Crippen LogP contribution is 2.44. The molecule has 1 saturated heterocycles. The van der Waals surface area contributed by atoms with Crippen molar-refractivity contribution in [2.24, 2.45) is 0 Å². The third-order valence-corrected chi connectivity index (χ3v) is 7.15. The fraction of sp³-hybridized carbons (Fsp3) is 0.318. The number of esters is 1. The molecule has 2 aromatic rings. The molecule has 31 heavy (non-hydrogen) atoms. The van der Waals surface area contributed by atoms with Gasteiger partial charge in [-0.1, -0.05) is 23.7 Å². The lowest BCUT2D eigenvalue weighted by Crippen LogP contribution is -2.43. The predicted octanol–water partition coefficient (Wildman–Crippen LogP) is 4.09. The first kappa shape index (κ1) is 23.6. The van der Waals surface area contributed by atoms with E-state index in [9.17, 15) is 18.3 Å². The van der Waals surface area contributed by atoms with Gasteiger partial charge >= 0.3 is 5.97 Å². The highest BCUT2D eigenvalue weighted by Gasteiger charge is 2.49. The van der Waals surface area contributed by atoms with Crippen molar-refractivity contribution in [2.45, 2.75) is 30.3 Å². The number of rotatable bonds is 3. The Hall–Kier alpha value is -2.06. The molecular formula is C22H23Cl2NO5S. The zero-order chi connectivity index (χ0) is 21.7. The van der Waals surface area contributed by atoms with Gasteiger partial charge in [0.2, 0.25) is 0 Å². The smallest absolute Gasteiger partial charge is 0.343 e. The molecule has 6 nitrogen and oxygen atoms in total. The SMILES string of the molecule is Cc1cc(-c2cccc(S(C)(=O)=O)c2)c(Cl)cc1C1=C(O)C2(CCNCC2)OC1=O.Cl. The van der Waals surface area contributed by atoms with Crippen molar-refractivity contribution < 1.29 is 23.1 Å². The number of carbonyl (C=O) groups is 1. The van der Waals surface area contributed by atoms with Crippen molar-refractivity contribution in [3.05, 3.63) is 58.3 Å². The number of aliphatic hydroxyl groups excluding tert-OH is 1. The molecule has 4 rings (SSSR count). The van der Waals surface area contributed by atoms with Crippen molar-refractivity contribution in [1.29, 1.82) is 0 Å². The van der Waals surface area contributed by atoms with Crippen LogP contribution in [-0.4, -0.2) is 44.4 Å². The second kappa shape index (κ2) is 8.47. The van der Waals surface area contributed by atoms with Crippen molar-refractivity contribution >= 4 is 45.4 Å². The van der Waals surface area contributed by atoms with Gasteiger partial charge in [-0.15, -0.1) is 12.4 Å². The minimum Gasteiger partial charge on any atom is -0.507 e. The number of aryl methyl sites for hydroxylation is 1. The molecule has 1 spiro atoms. The second-order valence-corrected chi connectivity index (χ2v) is 10.2. The average Bonchev–Trinajstić information content (AvgIpc) is 2.93. The summed E-state index contributed by atoms with van der Waals surface area (Å²) in [6, 6.07) is 9.96. The number of halogens is 2. The molecule has 2 aliphatic heterocycles. The molecule has 0 bridgehead atoms. The van der Waals surface area contributed by atoms with Crippen molar-refractivity contribution in [3.8, 4) is 11.1 Å². The number of ether oxygens (including phenoxy) is 1. The van der Waals surface area contributed by atoms with Gasteiger partial charge in [0.1, 0.15) is 5.57 Å². The first-order chi connectivity index (χ1) is 14.1. The number of sulfone groups is 1. The summed E-state index contributed by atoms with van der Waals surface area (Å²) < 4.78 is 29.4. The third kappa shape index (κ3) is 4.20. The van der Waals surface area contributed by atoms with Crippen LogP contribution >= 0.6 is 24.0 Å². The Kier molecular flexibility index (Phi) is 6.45. The van der Waals surface area contributed by atoms with Gasteiger partial charge in [0.05, 0.1) is 4.90 Å². The standard InChI is InChI=1S/C22H22ClNO5S.ClH/c1-13-10-17(14-4-3-5-15(11-14)30(2,27)28)18(23)12-16(13)19-20(25)22(29-21(19)26)6-8-24-9-7-22;/h3-5,10-12,24-25H,6-9H2,1-2H3;1H. The van der Waals surface area contributed by atoms with Gasteiger partial charge in [0.15, 0.2) is 21.2 Å². The van der Waals surface area contributed by atoms with Gasteiger partial charge in [-0.3, -0.25) is 0 Å². The van der Waals surface area contributed by atoms with Crippen LogP contribution < -0.4 is 5.32 Å². The van der Waals surface area contributed by atoms with E-state index < -0.39 is 21.4 Å². The molecule has 2 N–H and O–H groups in total. The first-order valence-corrected chi connectivity index (χ1v) is 11.9. The Morgan fingerprint density at radius 1 is 1.13 bits per heavy atom. The van der Waals surface area contributed by atoms with Gasteiger partial charge in [-0.2, -0.15) is 0 Å². The number of carbonyl (C=O) groups excluding carboxylic acids is 1. The molecule has 2 aromatic carbocycles. The van der Waals surface area contributed by atoms with E-state index in [0.717, 1.165) is 11.8 Å². The average molecular weight is 484 g/mol. The van der Waals surface area contributed by atoms with Crippen molar-refractivity contribution in [2.75, 3.05) is 19.3 Å². The zero-order valence-corrected chi connectivity index (χ0v) is 19.5. The van der Waals surface area contributed by atoms with Crippen LogP contribution in [0, 0.1) is 6.92 Å². The zero-order valence-electron chi connectivity index (χ0n) is 17.1. The summed E-state index contributed by atoms with van der Waals surface area (Å²) >= 11 is 6.54. The molecular weight excluding hydrogens is 461 g/mol. The molecule has 0 saturated carbocycles. The number of hydrogen-bond donors (Lipinski definition) is 2. The summed E-state index contributed by atoms with van der Waals surface area (Å²) in [6.45, 7) is 3.12. The van der Waals surface area contributed by atoms with Gasteiger partial charge in [0, 0.05) is 29.7 Å². The topological polar surface area (TPSA) is 92.7 Å². The summed E-state index contributed by atoms with van der Waals surface area (Å²) in [6.07, 6.45) is 2.17. The van der Waals surface area contributed by atoms with Crippen LogP contribution in [0.1, 0.15) is 24.0 Å². The maximum atomic E-state index is 12.7. The number of piperidine rings is 1. The van der Waals surface area contributed by atoms with E-state index in [2.05, 4.69) is 5.32 Å². The number of aliphatic hydroxyl groups is 1. The third-order valence-electron chi connectivity index (χ3n) is 5.73. The summed E-state index contributed by atoms with van der Waals surface area (Å²) in [5.74, 6) is -0.597. The van der Waals surface area contributed by atoms with Gasteiger partial charge in [-0.05, 0) is 61.0 Å². The van der Waals surface area contributed by atoms with E-state index in [4.69, 9.17) is 16.3 Å². The molecule has 166 valence electrons.